The van der Waals surface area contributed by atoms with Gasteiger partial charge in [-0.2, -0.15) is 0 Å². The Morgan fingerprint density at radius 1 is 1.19 bits per heavy atom. The van der Waals surface area contributed by atoms with E-state index in [-0.39, 0.29) is 10.7 Å². The summed E-state index contributed by atoms with van der Waals surface area (Å²) in [6.07, 6.45) is -0.634. The molecule has 0 aliphatic rings. The molecule has 2 aromatic rings. The molecule has 0 amide bonds. The average Bonchev–Trinajstić information content (AvgIpc) is 2.40. The van der Waals surface area contributed by atoms with Gasteiger partial charge in [-0.15, -0.1) is 0 Å². The molecule has 0 bridgehead atoms. The molecule has 0 radical (unpaired) electrons. The van der Waals surface area contributed by atoms with E-state index in [0.29, 0.717) is 22.1 Å². The average molecular weight is 328 g/mol. The Balaban J connectivity index is 2.26. The first kappa shape index (κ1) is 15.6. The third kappa shape index (κ3) is 3.64. The molecule has 0 aliphatic heterocycles. The van der Waals surface area contributed by atoms with Crippen LogP contribution in [-0.4, -0.2) is 10.0 Å². The van der Waals surface area contributed by atoms with Crippen molar-refractivity contribution in [3.8, 4) is 11.5 Å². The SMILES string of the molecule is CC(O)c1ccc(Oc2ccc([N+](=O)[O-])c(Cl)c2)c(Cl)c1. The molecule has 5 nitrogen and oxygen atoms in total. The van der Waals surface area contributed by atoms with Gasteiger partial charge in [-0.25, -0.2) is 0 Å². The predicted octanol–water partition coefficient (Wildman–Crippen LogP) is 4.75. The Labute approximate surface area is 130 Å². The largest absolute Gasteiger partial charge is 0.456 e. The molecule has 110 valence electrons. The van der Waals surface area contributed by atoms with E-state index in [1.54, 1.807) is 25.1 Å². The lowest BCUT2D eigenvalue weighted by atomic mass is 10.1. The number of aliphatic hydroxyl groups is 1. The highest BCUT2D eigenvalue weighted by Crippen LogP contribution is 2.34. The summed E-state index contributed by atoms with van der Waals surface area (Å²) < 4.78 is 5.54. The number of hydrogen-bond donors (Lipinski definition) is 1. The van der Waals surface area contributed by atoms with E-state index in [2.05, 4.69) is 0 Å². The maximum absolute atomic E-state index is 10.7. The van der Waals surface area contributed by atoms with Gasteiger partial charge in [0.2, 0.25) is 0 Å². The maximum atomic E-state index is 10.7. The minimum Gasteiger partial charge on any atom is -0.456 e. The standard InChI is InChI=1S/C14H11Cl2NO4/c1-8(18)9-2-5-14(12(16)6-9)21-10-3-4-13(17(19)20)11(15)7-10/h2-8,18H,1H3. The molecule has 1 atom stereocenters. The fourth-order valence-electron chi connectivity index (χ4n) is 1.69. The number of benzene rings is 2. The van der Waals surface area contributed by atoms with Gasteiger partial charge in [0, 0.05) is 12.1 Å². The summed E-state index contributed by atoms with van der Waals surface area (Å²) >= 11 is 11.9. The number of halogens is 2. The van der Waals surface area contributed by atoms with Crippen molar-refractivity contribution in [2.75, 3.05) is 0 Å². The van der Waals surface area contributed by atoms with Crippen molar-refractivity contribution in [1.29, 1.82) is 0 Å². The second-order valence-electron chi connectivity index (χ2n) is 4.34. The van der Waals surface area contributed by atoms with E-state index in [1.807, 2.05) is 0 Å². The first-order valence-electron chi connectivity index (χ1n) is 5.98. The smallest absolute Gasteiger partial charge is 0.288 e. The van der Waals surface area contributed by atoms with E-state index >= 15 is 0 Å². The molecule has 2 rings (SSSR count). The quantitative estimate of drug-likeness (QED) is 0.649. The Bertz CT molecular complexity index is 689. The molecule has 1 N–H and O–H groups in total. The summed E-state index contributed by atoms with van der Waals surface area (Å²) in [5, 5.41) is 20.5. The Hall–Kier alpha value is -1.82. The number of ether oxygens (including phenoxy) is 1. The molecule has 7 heteroatoms. The van der Waals surface area contributed by atoms with Gasteiger partial charge >= 0.3 is 0 Å². The number of hydrogen-bond acceptors (Lipinski definition) is 4. The van der Waals surface area contributed by atoms with Crippen molar-refractivity contribution in [2.24, 2.45) is 0 Å². The van der Waals surface area contributed by atoms with Gasteiger partial charge in [0.1, 0.15) is 16.5 Å². The number of aliphatic hydroxyl groups excluding tert-OH is 1. The number of nitro benzene ring substituents is 1. The van der Waals surface area contributed by atoms with Gasteiger partial charge in [0.25, 0.3) is 5.69 Å². The lowest BCUT2D eigenvalue weighted by molar-refractivity contribution is -0.384. The van der Waals surface area contributed by atoms with E-state index < -0.39 is 11.0 Å². The van der Waals surface area contributed by atoms with Crippen LogP contribution in [0.3, 0.4) is 0 Å². The molecule has 0 aromatic heterocycles. The maximum Gasteiger partial charge on any atom is 0.288 e. The zero-order valence-electron chi connectivity index (χ0n) is 10.9. The van der Waals surface area contributed by atoms with Gasteiger partial charge in [0.05, 0.1) is 16.0 Å². The van der Waals surface area contributed by atoms with Crippen LogP contribution in [0, 0.1) is 10.1 Å². The van der Waals surface area contributed by atoms with E-state index in [9.17, 15) is 15.2 Å². The molecule has 1 unspecified atom stereocenters. The molecule has 0 spiro atoms. The van der Waals surface area contributed by atoms with Crippen LogP contribution in [0.2, 0.25) is 10.0 Å². The highest BCUT2D eigenvalue weighted by molar-refractivity contribution is 6.33. The van der Waals surface area contributed by atoms with Crippen LogP contribution in [-0.2, 0) is 0 Å². The van der Waals surface area contributed by atoms with Crippen LogP contribution >= 0.6 is 23.2 Å². The summed E-state index contributed by atoms with van der Waals surface area (Å²) in [6.45, 7) is 1.63. The Morgan fingerprint density at radius 3 is 2.43 bits per heavy atom. The van der Waals surface area contributed by atoms with E-state index in [1.165, 1.54) is 18.2 Å². The summed E-state index contributed by atoms with van der Waals surface area (Å²) in [7, 11) is 0. The Kier molecular flexibility index (Phi) is 4.67. The zero-order valence-corrected chi connectivity index (χ0v) is 12.4. The summed E-state index contributed by atoms with van der Waals surface area (Å²) in [4.78, 5) is 10.1. The van der Waals surface area contributed by atoms with Crippen LogP contribution in [0.25, 0.3) is 0 Å². The topological polar surface area (TPSA) is 72.6 Å². The van der Waals surface area contributed by atoms with Crippen LogP contribution in [0.5, 0.6) is 11.5 Å². The van der Waals surface area contributed by atoms with E-state index in [4.69, 9.17) is 27.9 Å². The monoisotopic (exact) mass is 327 g/mol. The summed E-state index contributed by atoms with van der Waals surface area (Å²) in [5.41, 5.74) is 0.466. The van der Waals surface area contributed by atoms with Gasteiger partial charge in [-0.1, -0.05) is 29.3 Å². The molecule has 0 saturated heterocycles. The van der Waals surface area contributed by atoms with Crippen molar-refractivity contribution in [3.05, 3.63) is 62.1 Å². The van der Waals surface area contributed by atoms with Crippen LogP contribution < -0.4 is 4.74 Å². The Morgan fingerprint density at radius 2 is 1.90 bits per heavy atom. The fraction of sp³-hybridized carbons (Fsp3) is 0.143. The minimum absolute atomic E-state index is 0.0192. The highest BCUT2D eigenvalue weighted by Gasteiger charge is 2.14. The van der Waals surface area contributed by atoms with E-state index in [0.717, 1.165) is 0 Å². The molecule has 0 fully saturated rings. The summed E-state index contributed by atoms with van der Waals surface area (Å²) in [6, 6.07) is 8.92. The molecule has 21 heavy (non-hydrogen) atoms. The lowest BCUT2D eigenvalue weighted by Crippen LogP contribution is -1.93. The van der Waals surface area contributed by atoms with Crippen molar-refractivity contribution in [3.63, 3.8) is 0 Å². The molecule has 0 aliphatic carbocycles. The third-order valence-electron chi connectivity index (χ3n) is 2.78. The molecular weight excluding hydrogens is 317 g/mol. The first-order valence-corrected chi connectivity index (χ1v) is 6.73. The second-order valence-corrected chi connectivity index (χ2v) is 5.15. The van der Waals surface area contributed by atoms with Crippen LogP contribution in [0.1, 0.15) is 18.6 Å². The van der Waals surface area contributed by atoms with Gasteiger partial charge < -0.3 is 9.84 Å². The van der Waals surface area contributed by atoms with Gasteiger partial charge in [0.15, 0.2) is 0 Å². The van der Waals surface area contributed by atoms with Crippen LogP contribution in [0.15, 0.2) is 36.4 Å². The normalized spacial score (nSPS) is 12.0. The molecular formula is C14H11Cl2NO4. The first-order chi connectivity index (χ1) is 9.88. The zero-order chi connectivity index (χ0) is 15.6. The molecule has 2 aromatic carbocycles. The van der Waals surface area contributed by atoms with Crippen molar-refractivity contribution in [2.45, 2.75) is 13.0 Å². The molecule has 0 saturated carbocycles. The third-order valence-corrected chi connectivity index (χ3v) is 3.38. The van der Waals surface area contributed by atoms with Crippen molar-refractivity contribution >= 4 is 28.9 Å². The highest BCUT2D eigenvalue weighted by atomic mass is 35.5. The minimum atomic E-state index is -0.634. The van der Waals surface area contributed by atoms with Gasteiger partial charge in [-0.3, -0.25) is 10.1 Å². The second kappa shape index (κ2) is 6.30. The van der Waals surface area contributed by atoms with Crippen LogP contribution in [0.4, 0.5) is 5.69 Å². The van der Waals surface area contributed by atoms with Crippen molar-refractivity contribution < 1.29 is 14.8 Å². The summed E-state index contributed by atoms with van der Waals surface area (Å²) in [5.74, 6) is 0.697. The number of nitrogens with zero attached hydrogens (tertiary/aromatic N) is 1. The lowest BCUT2D eigenvalue weighted by Gasteiger charge is -2.10. The fourth-order valence-corrected chi connectivity index (χ4v) is 2.15. The number of nitro groups is 1. The van der Waals surface area contributed by atoms with Crippen molar-refractivity contribution in [1.82, 2.24) is 0 Å². The molecule has 0 heterocycles. The number of rotatable bonds is 4. The predicted molar refractivity (Wildman–Crippen MR) is 80.3 cm³/mol. The van der Waals surface area contributed by atoms with Gasteiger partial charge in [-0.05, 0) is 30.7 Å².